The van der Waals surface area contributed by atoms with Crippen LogP contribution in [0.4, 0.5) is 5.69 Å². The van der Waals surface area contributed by atoms with Crippen LogP contribution in [0.3, 0.4) is 0 Å². The fourth-order valence-electron chi connectivity index (χ4n) is 1.95. The van der Waals surface area contributed by atoms with E-state index in [1.807, 2.05) is 29.2 Å². The van der Waals surface area contributed by atoms with E-state index in [2.05, 4.69) is 4.90 Å². The number of nitrogens with zero attached hydrogens (tertiary/aromatic N) is 2. The minimum atomic E-state index is -0.907. The van der Waals surface area contributed by atoms with E-state index in [1.54, 1.807) is 6.20 Å². The number of carbonyl (C=O) groups is 1. The molecule has 0 radical (unpaired) electrons. The highest BCUT2D eigenvalue weighted by atomic mass is 35.5. The van der Waals surface area contributed by atoms with Gasteiger partial charge in [0.25, 0.3) is 0 Å². The SMILES string of the molecule is O=C(O)C=CN1CCN(c2ccc(Cl)cc2)CC1. The van der Waals surface area contributed by atoms with E-state index in [4.69, 9.17) is 16.7 Å². The van der Waals surface area contributed by atoms with Gasteiger partial charge in [-0.3, -0.25) is 0 Å². The molecule has 0 amide bonds. The van der Waals surface area contributed by atoms with Gasteiger partial charge in [-0.1, -0.05) is 11.6 Å². The maximum Gasteiger partial charge on any atom is 0.329 e. The van der Waals surface area contributed by atoms with E-state index >= 15 is 0 Å². The Hall–Kier alpha value is -1.68. The van der Waals surface area contributed by atoms with Crippen molar-refractivity contribution in [3.63, 3.8) is 0 Å². The standard InChI is InChI=1S/C13H15ClN2O2/c14-11-1-3-12(4-2-11)16-9-7-15(8-10-16)6-5-13(17)18/h1-6H,7-10H2,(H,17,18). The summed E-state index contributed by atoms with van der Waals surface area (Å²) in [5.74, 6) is -0.907. The molecule has 0 spiro atoms. The van der Waals surface area contributed by atoms with Gasteiger partial charge in [0, 0.05) is 49.2 Å². The first kappa shape index (κ1) is 12.8. The number of hydrogen-bond acceptors (Lipinski definition) is 3. The molecule has 1 saturated heterocycles. The van der Waals surface area contributed by atoms with Crippen molar-refractivity contribution in [2.75, 3.05) is 31.1 Å². The van der Waals surface area contributed by atoms with E-state index < -0.39 is 5.97 Å². The molecule has 4 nitrogen and oxygen atoms in total. The van der Waals surface area contributed by atoms with Gasteiger partial charge in [-0.15, -0.1) is 0 Å². The topological polar surface area (TPSA) is 43.8 Å². The van der Waals surface area contributed by atoms with Crippen molar-refractivity contribution in [1.82, 2.24) is 4.90 Å². The lowest BCUT2D eigenvalue weighted by Gasteiger charge is -2.35. The highest BCUT2D eigenvalue weighted by Gasteiger charge is 2.14. The first-order valence-corrected chi connectivity index (χ1v) is 6.18. The van der Waals surface area contributed by atoms with Crippen LogP contribution in [-0.4, -0.2) is 42.2 Å². The first-order chi connectivity index (χ1) is 8.65. The normalized spacial score (nSPS) is 16.3. The van der Waals surface area contributed by atoms with Crippen molar-refractivity contribution in [1.29, 1.82) is 0 Å². The molecule has 0 atom stereocenters. The van der Waals surface area contributed by atoms with E-state index in [9.17, 15) is 4.79 Å². The van der Waals surface area contributed by atoms with E-state index in [1.165, 1.54) is 6.08 Å². The van der Waals surface area contributed by atoms with Crippen molar-refractivity contribution in [2.24, 2.45) is 0 Å². The number of aliphatic carboxylic acids is 1. The molecule has 0 bridgehead atoms. The summed E-state index contributed by atoms with van der Waals surface area (Å²) in [6, 6.07) is 7.78. The Morgan fingerprint density at radius 1 is 1.17 bits per heavy atom. The lowest BCUT2D eigenvalue weighted by atomic mass is 10.2. The van der Waals surface area contributed by atoms with E-state index in [0.29, 0.717) is 0 Å². The second kappa shape index (κ2) is 5.78. The molecular formula is C13H15ClN2O2. The van der Waals surface area contributed by atoms with Gasteiger partial charge in [0.2, 0.25) is 0 Å². The summed E-state index contributed by atoms with van der Waals surface area (Å²) in [5.41, 5.74) is 1.15. The third-order valence-corrected chi connectivity index (χ3v) is 3.19. The van der Waals surface area contributed by atoms with Gasteiger partial charge in [0.15, 0.2) is 0 Å². The molecule has 1 N–H and O–H groups in total. The Kier molecular flexibility index (Phi) is 4.10. The van der Waals surface area contributed by atoms with Crippen molar-refractivity contribution in [3.8, 4) is 0 Å². The summed E-state index contributed by atoms with van der Waals surface area (Å²) in [6.07, 6.45) is 2.82. The van der Waals surface area contributed by atoms with Gasteiger partial charge in [-0.2, -0.15) is 0 Å². The monoisotopic (exact) mass is 266 g/mol. The number of piperazine rings is 1. The third kappa shape index (κ3) is 3.40. The summed E-state index contributed by atoms with van der Waals surface area (Å²) >= 11 is 5.85. The summed E-state index contributed by atoms with van der Waals surface area (Å²) in [7, 11) is 0. The molecular weight excluding hydrogens is 252 g/mol. The molecule has 1 aromatic rings. The van der Waals surface area contributed by atoms with Gasteiger partial charge < -0.3 is 14.9 Å². The minimum absolute atomic E-state index is 0.738. The van der Waals surface area contributed by atoms with Crippen LogP contribution in [0.2, 0.25) is 5.02 Å². The van der Waals surface area contributed by atoms with E-state index in [-0.39, 0.29) is 0 Å². The van der Waals surface area contributed by atoms with Crippen LogP contribution < -0.4 is 4.90 Å². The Morgan fingerprint density at radius 2 is 1.78 bits per heavy atom. The molecule has 1 heterocycles. The largest absolute Gasteiger partial charge is 0.478 e. The van der Waals surface area contributed by atoms with Gasteiger partial charge in [-0.05, 0) is 24.3 Å². The molecule has 18 heavy (non-hydrogen) atoms. The summed E-state index contributed by atoms with van der Waals surface area (Å²) < 4.78 is 0. The molecule has 0 unspecified atom stereocenters. The minimum Gasteiger partial charge on any atom is -0.478 e. The number of hydrogen-bond donors (Lipinski definition) is 1. The highest BCUT2D eigenvalue weighted by Crippen LogP contribution is 2.19. The summed E-state index contributed by atoms with van der Waals surface area (Å²) in [4.78, 5) is 14.7. The maximum atomic E-state index is 10.4. The predicted octanol–water partition coefficient (Wildman–Crippen LogP) is 2.06. The summed E-state index contributed by atoms with van der Waals surface area (Å²) in [6.45, 7) is 3.41. The third-order valence-electron chi connectivity index (χ3n) is 2.93. The zero-order chi connectivity index (χ0) is 13.0. The lowest BCUT2D eigenvalue weighted by Crippen LogP contribution is -2.44. The first-order valence-electron chi connectivity index (χ1n) is 5.81. The molecule has 0 saturated carbocycles. The molecule has 2 rings (SSSR count). The van der Waals surface area contributed by atoms with Crippen LogP contribution in [0.15, 0.2) is 36.5 Å². The summed E-state index contributed by atoms with van der Waals surface area (Å²) in [5, 5.41) is 9.30. The predicted molar refractivity (Wildman–Crippen MR) is 72.0 cm³/mol. The zero-order valence-electron chi connectivity index (χ0n) is 9.92. The lowest BCUT2D eigenvalue weighted by molar-refractivity contribution is -0.131. The van der Waals surface area contributed by atoms with Crippen LogP contribution in [-0.2, 0) is 4.79 Å². The quantitative estimate of drug-likeness (QED) is 0.851. The second-order valence-corrected chi connectivity index (χ2v) is 4.59. The molecule has 1 aliphatic rings. The number of halogens is 1. The average Bonchev–Trinajstić information content (AvgIpc) is 2.38. The van der Waals surface area contributed by atoms with Gasteiger partial charge in [-0.25, -0.2) is 4.79 Å². The Labute approximate surface area is 111 Å². The molecule has 96 valence electrons. The van der Waals surface area contributed by atoms with Crippen LogP contribution >= 0.6 is 11.6 Å². The molecule has 0 aromatic heterocycles. The van der Waals surface area contributed by atoms with Crippen molar-refractivity contribution in [3.05, 3.63) is 41.6 Å². The molecule has 1 fully saturated rings. The second-order valence-electron chi connectivity index (χ2n) is 4.15. The van der Waals surface area contributed by atoms with Crippen molar-refractivity contribution >= 4 is 23.3 Å². The number of benzene rings is 1. The van der Waals surface area contributed by atoms with Gasteiger partial charge >= 0.3 is 5.97 Å². The maximum absolute atomic E-state index is 10.4. The zero-order valence-corrected chi connectivity index (χ0v) is 10.7. The van der Waals surface area contributed by atoms with Gasteiger partial charge in [0.05, 0.1) is 0 Å². The Bertz CT molecular complexity index is 437. The van der Waals surface area contributed by atoms with Crippen molar-refractivity contribution in [2.45, 2.75) is 0 Å². The highest BCUT2D eigenvalue weighted by molar-refractivity contribution is 6.30. The number of anilines is 1. The molecule has 0 aliphatic carbocycles. The van der Waals surface area contributed by atoms with Crippen LogP contribution in [0.1, 0.15) is 0 Å². The van der Waals surface area contributed by atoms with Crippen molar-refractivity contribution < 1.29 is 9.90 Å². The molecule has 5 heteroatoms. The van der Waals surface area contributed by atoms with Crippen LogP contribution in [0.5, 0.6) is 0 Å². The average molecular weight is 267 g/mol. The Balaban J connectivity index is 1.90. The van der Waals surface area contributed by atoms with E-state index in [0.717, 1.165) is 36.9 Å². The Morgan fingerprint density at radius 3 is 2.33 bits per heavy atom. The van der Waals surface area contributed by atoms with Crippen LogP contribution in [0.25, 0.3) is 0 Å². The number of carboxylic acids is 1. The smallest absolute Gasteiger partial charge is 0.329 e. The fourth-order valence-corrected chi connectivity index (χ4v) is 2.08. The molecule has 1 aliphatic heterocycles. The number of rotatable bonds is 3. The van der Waals surface area contributed by atoms with Gasteiger partial charge in [0.1, 0.15) is 0 Å². The molecule has 1 aromatic carbocycles. The fraction of sp³-hybridized carbons (Fsp3) is 0.308. The number of carboxylic acid groups (broad SMARTS) is 1. The van der Waals surface area contributed by atoms with Crippen LogP contribution in [0, 0.1) is 0 Å².